The van der Waals surface area contributed by atoms with E-state index >= 15 is 0 Å². The SMILES string of the molecule is CC(c1cc2ccccc2s1)N(C)CC1CCCN1. The second kappa shape index (κ2) is 5.61. The van der Waals surface area contributed by atoms with E-state index in [1.54, 1.807) is 0 Å². The Hall–Kier alpha value is -0.900. The van der Waals surface area contributed by atoms with Crippen LogP contribution in [-0.2, 0) is 0 Å². The highest BCUT2D eigenvalue weighted by atomic mass is 32.1. The van der Waals surface area contributed by atoms with Gasteiger partial charge in [-0.1, -0.05) is 18.2 Å². The first-order valence-electron chi connectivity index (χ1n) is 7.16. The molecule has 1 fully saturated rings. The first-order valence-corrected chi connectivity index (χ1v) is 7.98. The first kappa shape index (κ1) is 13.1. The van der Waals surface area contributed by atoms with E-state index < -0.39 is 0 Å². The van der Waals surface area contributed by atoms with Crippen LogP contribution in [0.25, 0.3) is 10.1 Å². The highest BCUT2D eigenvalue weighted by Gasteiger charge is 2.20. The fourth-order valence-electron chi connectivity index (χ4n) is 2.84. The highest BCUT2D eigenvalue weighted by molar-refractivity contribution is 7.19. The summed E-state index contributed by atoms with van der Waals surface area (Å²) in [7, 11) is 2.25. The third-order valence-corrected chi connectivity index (χ3v) is 5.47. The number of rotatable bonds is 4. The number of nitrogens with zero attached hydrogens (tertiary/aromatic N) is 1. The van der Waals surface area contributed by atoms with Crippen LogP contribution in [0.15, 0.2) is 30.3 Å². The fourth-order valence-corrected chi connectivity index (χ4v) is 4.03. The second-order valence-corrected chi connectivity index (χ2v) is 6.71. The summed E-state index contributed by atoms with van der Waals surface area (Å²) in [6.07, 6.45) is 2.65. The molecule has 2 aromatic rings. The van der Waals surface area contributed by atoms with Gasteiger partial charge in [-0.3, -0.25) is 4.90 Å². The van der Waals surface area contributed by atoms with Crippen molar-refractivity contribution in [3.8, 4) is 0 Å². The molecule has 1 aromatic carbocycles. The largest absolute Gasteiger partial charge is 0.313 e. The van der Waals surface area contributed by atoms with Crippen molar-refractivity contribution in [2.75, 3.05) is 20.1 Å². The Balaban J connectivity index is 1.72. The summed E-state index contributed by atoms with van der Waals surface area (Å²) in [5.74, 6) is 0. The van der Waals surface area contributed by atoms with Crippen molar-refractivity contribution in [1.29, 1.82) is 0 Å². The van der Waals surface area contributed by atoms with Crippen LogP contribution in [0, 0.1) is 0 Å². The Morgan fingerprint density at radius 2 is 2.26 bits per heavy atom. The van der Waals surface area contributed by atoms with Gasteiger partial charge < -0.3 is 5.32 Å². The maximum Gasteiger partial charge on any atom is 0.0411 e. The molecule has 1 aliphatic heterocycles. The average molecular weight is 274 g/mol. The van der Waals surface area contributed by atoms with Crippen molar-refractivity contribution >= 4 is 21.4 Å². The van der Waals surface area contributed by atoms with Gasteiger partial charge in [0.1, 0.15) is 0 Å². The van der Waals surface area contributed by atoms with Gasteiger partial charge >= 0.3 is 0 Å². The fraction of sp³-hybridized carbons (Fsp3) is 0.500. The number of hydrogen-bond donors (Lipinski definition) is 1. The summed E-state index contributed by atoms with van der Waals surface area (Å²) in [4.78, 5) is 3.95. The Morgan fingerprint density at radius 1 is 1.42 bits per heavy atom. The third kappa shape index (κ3) is 2.83. The molecule has 3 heteroatoms. The normalized spacial score (nSPS) is 21.3. The molecular weight excluding hydrogens is 252 g/mol. The Kier molecular flexibility index (Phi) is 3.87. The van der Waals surface area contributed by atoms with Gasteiger partial charge in [0, 0.05) is 28.2 Å². The first-order chi connectivity index (χ1) is 9.24. The van der Waals surface area contributed by atoms with Crippen LogP contribution in [0.3, 0.4) is 0 Å². The zero-order valence-corrected chi connectivity index (χ0v) is 12.5. The van der Waals surface area contributed by atoms with E-state index in [0.717, 1.165) is 6.54 Å². The van der Waals surface area contributed by atoms with Gasteiger partial charge in [-0.25, -0.2) is 0 Å². The monoisotopic (exact) mass is 274 g/mol. The quantitative estimate of drug-likeness (QED) is 0.915. The molecule has 1 aliphatic rings. The maximum atomic E-state index is 3.58. The van der Waals surface area contributed by atoms with Crippen LogP contribution < -0.4 is 5.32 Å². The zero-order chi connectivity index (χ0) is 13.2. The Bertz CT molecular complexity index is 509. The maximum absolute atomic E-state index is 3.58. The lowest BCUT2D eigenvalue weighted by molar-refractivity contribution is 0.241. The van der Waals surface area contributed by atoms with E-state index in [9.17, 15) is 0 Å². The van der Waals surface area contributed by atoms with E-state index in [4.69, 9.17) is 0 Å². The van der Waals surface area contributed by atoms with Gasteiger partial charge in [0.15, 0.2) is 0 Å². The minimum absolute atomic E-state index is 0.500. The van der Waals surface area contributed by atoms with Gasteiger partial charge in [0.25, 0.3) is 0 Å². The molecule has 3 rings (SSSR count). The van der Waals surface area contributed by atoms with Gasteiger partial charge in [-0.05, 0) is 50.9 Å². The summed E-state index contributed by atoms with van der Waals surface area (Å²) in [6, 6.07) is 12.2. The van der Waals surface area contributed by atoms with Gasteiger partial charge in [-0.2, -0.15) is 0 Å². The number of likely N-dealkylation sites (N-methyl/N-ethyl adjacent to an activating group) is 1. The van der Waals surface area contributed by atoms with Crippen LogP contribution in [0.1, 0.15) is 30.7 Å². The van der Waals surface area contributed by atoms with Crippen LogP contribution in [0.5, 0.6) is 0 Å². The summed E-state index contributed by atoms with van der Waals surface area (Å²) < 4.78 is 1.40. The summed E-state index contributed by atoms with van der Waals surface area (Å²) in [5.41, 5.74) is 0. The molecule has 0 spiro atoms. The van der Waals surface area contributed by atoms with E-state index in [1.165, 1.54) is 34.3 Å². The van der Waals surface area contributed by atoms with Crippen molar-refractivity contribution in [2.24, 2.45) is 0 Å². The number of fused-ring (bicyclic) bond motifs is 1. The molecule has 102 valence electrons. The molecule has 1 aromatic heterocycles. The van der Waals surface area contributed by atoms with Crippen LogP contribution >= 0.6 is 11.3 Å². The molecule has 2 unspecified atom stereocenters. The molecule has 0 saturated carbocycles. The van der Waals surface area contributed by atoms with Gasteiger partial charge in [0.05, 0.1) is 0 Å². The minimum atomic E-state index is 0.500. The topological polar surface area (TPSA) is 15.3 Å². The van der Waals surface area contributed by atoms with Gasteiger partial charge in [-0.15, -0.1) is 11.3 Å². The van der Waals surface area contributed by atoms with Crippen LogP contribution in [-0.4, -0.2) is 31.1 Å². The van der Waals surface area contributed by atoms with Crippen LogP contribution in [0.4, 0.5) is 0 Å². The van der Waals surface area contributed by atoms with E-state index in [-0.39, 0.29) is 0 Å². The third-order valence-electron chi connectivity index (χ3n) is 4.19. The average Bonchev–Trinajstić information content (AvgIpc) is 3.05. The molecule has 0 bridgehead atoms. The Morgan fingerprint density at radius 3 is 3.00 bits per heavy atom. The Labute approximate surface area is 119 Å². The second-order valence-electron chi connectivity index (χ2n) is 5.60. The minimum Gasteiger partial charge on any atom is -0.313 e. The molecule has 19 heavy (non-hydrogen) atoms. The molecule has 0 aliphatic carbocycles. The molecule has 0 amide bonds. The molecule has 1 N–H and O–H groups in total. The highest BCUT2D eigenvalue weighted by Crippen LogP contribution is 2.32. The summed E-state index contributed by atoms with van der Waals surface area (Å²) >= 11 is 1.93. The van der Waals surface area contributed by atoms with Crippen molar-refractivity contribution in [3.05, 3.63) is 35.2 Å². The number of thiophene rings is 1. The lowest BCUT2D eigenvalue weighted by Gasteiger charge is -2.26. The predicted molar refractivity (Wildman–Crippen MR) is 83.9 cm³/mol. The molecule has 2 nitrogen and oxygen atoms in total. The number of benzene rings is 1. The van der Waals surface area contributed by atoms with Crippen molar-refractivity contribution < 1.29 is 0 Å². The summed E-state index contributed by atoms with van der Waals surface area (Å²) in [6.45, 7) is 4.66. The van der Waals surface area contributed by atoms with Gasteiger partial charge in [0.2, 0.25) is 0 Å². The van der Waals surface area contributed by atoms with E-state index in [2.05, 4.69) is 54.5 Å². The number of hydrogen-bond acceptors (Lipinski definition) is 3. The number of nitrogens with one attached hydrogen (secondary N) is 1. The lowest BCUT2D eigenvalue weighted by Crippen LogP contribution is -2.36. The summed E-state index contributed by atoms with van der Waals surface area (Å²) in [5, 5.41) is 4.96. The smallest absolute Gasteiger partial charge is 0.0411 e. The molecule has 2 heterocycles. The van der Waals surface area contributed by atoms with Crippen LogP contribution in [0.2, 0.25) is 0 Å². The standard InChI is InChI=1S/C16H22N2S/c1-12(18(2)11-14-7-5-9-17-14)16-10-13-6-3-4-8-15(13)19-16/h3-4,6,8,10,12,14,17H,5,7,9,11H2,1-2H3. The van der Waals surface area contributed by atoms with Crippen molar-refractivity contribution in [1.82, 2.24) is 10.2 Å². The molecule has 2 atom stereocenters. The zero-order valence-electron chi connectivity index (χ0n) is 11.7. The van der Waals surface area contributed by atoms with E-state index in [1.807, 2.05) is 11.3 Å². The van der Waals surface area contributed by atoms with E-state index in [0.29, 0.717) is 12.1 Å². The predicted octanol–water partition coefficient (Wildman–Crippen LogP) is 3.65. The lowest BCUT2D eigenvalue weighted by atomic mass is 10.1. The molecular formula is C16H22N2S. The van der Waals surface area contributed by atoms with Crippen molar-refractivity contribution in [2.45, 2.75) is 31.8 Å². The van der Waals surface area contributed by atoms with Crippen molar-refractivity contribution in [3.63, 3.8) is 0 Å². The molecule has 1 saturated heterocycles. The molecule has 0 radical (unpaired) electrons.